The maximum absolute atomic E-state index is 13.4. The van der Waals surface area contributed by atoms with Crippen LogP contribution in [0, 0.1) is 5.82 Å². The molecule has 7 heteroatoms. The minimum atomic E-state index is -0.668. The number of rotatable bonds is 6. The molecule has 1 heterocycles. The van der Waals surface area contributed by atoms with Crippen molar-refractivity contribution < 1.29 is 14.0 Å². The van der Waals surface area contributed by atoms with Crippen molar-refractivity contribution in [3.63, 3.8) is 0 Å². The summed E-state index contributed by atoms with van der Waals surface area (Å²) < 4.78 is 13.4. The molecule has 1 aliphatic rings. The molecule has 0 radical (unpaired) electrons. The van der Waals surface area contributed by atoms with Gasteiger partial charge in [0.15, 0.2) is 0 Å². The average molecular weight is 413 g/mol. The van der Waals surface area contributed by atoms with E-state index in [-0.39, 0.29) is 24.4 Å². The summed E-state index contributed by atoms with van der Waals surface area (Å²) in [5, 5.41) is 5.49. The Labute approximate surface area is 177 Å². The molecule has 0 aliphatic carbocycles. The molecule has 0 bridgehead atoms. The molecule has 2 N–H and O–H groups in total. The van der Waals surface area contributed by atoms with E-state index in [1.54, 1.807) is 12.1 Å². The second-order valence-electron chi connectivity index (χ2n) is 7.72. The van der Waals surface area contributed by atoms with E-state index >= 15 is 0 Å². The molecule has 1 fully saturated rings. The summed E-state index contributed by atoms with van der Waals surface area (Å²) in [6.45, 7) is 5.63. The van der Waals surface area contributed by atoms with Gasteiger partial charge in [-0.05, 0) is 37.2 Å². The molecule has 0 saturated carbocycles. The van der Waals surface area contributed by atoms with Crippen molar-refractivity contribution in [1.82, 2.24) is 20.4 Å². The lowest BCUT2D eigenvalue weighted by atomic mass is 10.0. The monoisotopic (exact) mass is 412 g/mol. The van der Waals surface area contributed by atoms with Crippen LogP contribution in [0.2, 0.25) is 0 Å². The molecule has 0 aromatic heterocycles. The van der Waals surface area contributed by atoms with E-state index in [1.807, 2.05) is 37.3 Å². The third-order valence-corrected chi connectivity index (χ3v) is 5.54. The first kappa shape index (κ1) is 21.9. The Morgan fingerprint density at radius 3 is 2.20 bits per heavy atom. The number of carbonyl (C=O) groups excluding carboxylic acids is 2. The van der Waals surface area contributed by atoms with Gasteiger partial charge in [0.25, 0.3) is 0 Å². The van der Waals surface area contributed by atoms with Crippen LogP contribution in [0.4, 0.5) is 4.39 Å². The predicted molar refractivity (Wildman–Crippen MR) is 114 cm³/mol. The number of nitrogens with one attached hydrogen (secondary N) is 2. The summed E-state index contributed by atoms with van der Waals surface area (Å²) in [4.78, 5) is 29.3. The molecule has 0 unspecified atom stereocenters. The fourth-order valence-corrected chi connectivity index (χ4v) is 3.63. The van der Waals surface area contributed by atoms with Gasteiger partial charge in [-0.25, -0.2) is 4.39 Å². The third-order valence-electron chi connectivity index (χ3n) is 5.54. The molecule has 30 heavy (non-hydrogen) atoms. The van der Waals surface area contributed by atoms with Crippen molar-refractivity contribution in [3.05, 3.63) is 71.5 Å². The van der Waals surface area contributed by atoms with Crippen LogP contribution in [0.5, 0.6) is 0 Å². The molecule has 6 nitrogen and oxygen atoms in total. The van der Waals surface area contributed by atoms with E-state index in [0.717, 1.165) is 37.3 Å². The van der Waals surface area contributed by atoms with E-state index in [0.29, 0.717) is 0 Å². The van der Waals surface area contributed by atoms with Crippen molar-refractivity contribution in [2.75, 3.05) is 39.8 Å². The quantitative estimate of drug-likeness (QED) is 0.714. The van der Waals surface area contributed by atoms with Crippen LogP contribution in [0.3, 0.4) is 0 Å². The predicted octanol–water partition coefficient (Wildman–Crippen LogP) is 2.11. The van der Waals surface area contributed by atoms with Gasteiger partial charge in [0.1, 0.15) is 5.82 Å². The average Bonchev–Trinajstić information content (AvgIpc) is 2.76. The first-order chi connectivity index (χ1) is 14.4. The van der Waals surface area contributed by atoms with Crippen molar-refractivity contribution in [1.29, 1.82) is 0 Å². The Balaban J connectivity index is 1.62. The van der Waals surface area contributed by atoms with Gasteiger partial charge in [-0.2, -0.15) is 0 Å². The van der Waals surface area contributed by atoms with Gasteiger partial charge in [-0.1, -0.05) is 42.5 Å². The fourth-order valence-electron chi connectivity index (χ4n) is 3.63. The van der Waals surface area contributed by atoms with Crippen LogP contribution >= 0.6 is 0 Å². The van der Waals surface area contributed by atoms with Crippen molar-refractivity contribution in [3.8, 4) is 0 Å². The summed E-state index contributed by atoms with van der Waals surface area (Å²) in [6, 6.07) is 15.4. The maximum Gasteiger partial charge on any atom is 0.309 e. The van der Waals surface area contributed by atoms with Crippen molar-refractivity contribution in [2.45, 2.75) is 19.0 Å². The van der Waals surface area contributed by atoms with E-state index < -0.39 is 11.8 Å². The standard InChI is InChI=1S/C23H29FN4O2/c1-17(18-6-4-3-5-7-18)26-23(30)22(29)25-16-21(19-8-10-20(24)11-9-19)28-14-12-27(2)13-15-28/h3-11,17,21H,12-16H2,1-2H3,(H,25,29)(H,26,30)/t17-,21+/m0/s1. The van der Waals surface area contributed by atoms with Crippen LogP contribution in [-0.2, 0) is 9.59 Å². The first-order valence-corrected chi connectivity index (χ1v) is 10.3. The number of nitrogens with zero attached hydrogens (tertiary/aromatic N) is 2. The zero-order chi connectivity index (χ0) is 21.5. The highest BCUT2D eigenvalue weighted by atomic mass is 19.1. The van der Waals surface area contributed by atoms with Gasteiger partial charge in [0.2, 0.25) is 0 Å². The molecule has 2 atom stereocenters. The maximum atomic E-state index is 13.4. The SMILES string of the molecule is C[C@H](NC(=O)C(=O)NC[C@H](c1ccc(F)cc1)N1CCN(C)CC1)c1ccccc1. The molecule has 0 spiro atoms. The van der Waals surface area contributed by atoms with Crippen molar-refractivity contribution in [2.24, 2.45) is 0 Å². The summed E-state index contributed by atoms with van der Waals surface area (Å²) in [5.41, 5.74) is 1.85. The number of likely N-dealkylation sites (N-methyl/N-ethyl adjacent to an activating group) is 1. The highest BCUT2D eigenvalue weighted by Crippen LogP contribution is 2.22. The van der Waals surface area contributed by atoms with Gasteiger partial charge in [0.05, 0.1) is 12.1 Å². The zero-order valence-electron chi connectivity index (χ0n) is 17.5. The largest absolute Gasteiger partial charge is 0.346 e. The molecule has 2 aromatic rings. The zero-order valence-corrected chi connectivity index (χ0v) is 17.5. The lowest BCUT2D eigenvalue weighted by Gasteiger charge is -2.38. The van der Waals surface area contributed by atoms with Crippen LogP contribution in [0.25, 0.3) is 0 Å². The number of hydrogen-bond donors (Lipinski definition) is 2. The summed E-state index contributed by atoms with van der Waals surface area (Å²) >= 11 is 0. The minimum Gasteiger partial charge on any atom is -0.346 e. The first-order valence-electron chi connectivity index (χ1n) is 10.3. The number of halogens is 1. The molecule has 2 amide bonds. The van der Waals surface area contributed by atoms with E-state index in [1.165, 1.54) is 12.1 Å². The second-order valence-corrected chi connectivity index (χ2v) is 7.72. The van der Waals surface area contributed by atoms with E-state index in [2.05, 4.69) is 27.5 Å². The molecule has 2 aromatic carbocycles. The molecule has 1 saturated heterocycles. The van der Waals surface area contributed by atoms with Crippen molar-refractivity contribution >= 4 is 11.8 Å². The summed E-state index contributed by atoms with van der Waals surface area (Å²) in [7, 11) is 2.07. The van der Waals surface area contributed by atoms with Crippen LogP contribution in [-0.4, -0.2) is 61.4 Å². The summed E-state index contributed by atoms with van der Waals surface area (Å²) in [5.74, 6) is -1.63. The third kappa shape index (κ3) is 5.87. The number of amides is 2. The lowest BCUT2D eigenvalue weighted by Crippen LogP contribution is -2.49. The topological polar surface area (TPSA) is 64.7 Å². The van der Waals surface area contributed by atoms with Crippen LogP contribution in [0.1, 0.15) is 30.1 Å². The Kier molecular flexibility index (Phi) is 7.54. The molecular formula is C23H29FN4O2. The normalized spacial score (nSPS) is 17.2. The fraction of sp³-hybridized carbons (Fsp3) is 0.391. The van der Waals surface area contributed by atoms with Gasteiger partial charge >= 0.3 is 11.8 Å². The van der Waals surface area contributed by atoms with E-state index in [9.17, 15) is 14.0 Å². The molecular weight excluding hydrogens is 383 g/mol. The number of carbonyl (C=O) groups is 2. The molecule has 3 rings (SSSR count). The Morgan fingerprint density at radius 2 is 1.57 bits per heavy atom. The lowest BCUT2D eigenvalue weighted by molar-refractivity contribution is -0.139. The highest BCUT2D eigenvalue weighted by Gasteiger charge is 2.26. The van der Waals surface area contributed by atoms with Crippen LogP contribution in [0.15, 0.2) is 54.6 Å². The molecule has 160 valence electrons. The smallest absolute Gasteiger partial charge is 0.309 e. The Morgan fingerprint density at radius 1 is 0.933 bits per heavy atom. The van der Waals surface area contributed by atoms with Gasteiger partial charge in [-0.15, -0.1) is 0 Å². The molecule has 1 aliphatic heterocycles. The minimum absolute atomic E-state index is 0.123. The summed E-state index contributed by atoms with van der Waals surface area (Å²) in [6.07, 6.45) is 0. The number of hydrogen-bond acceptors (Lipinski definition) is 4. The number of piperazine rings is 1. The van der Waals surface area contributed by atoms with Gasteiger partial charge in [-0.3, -0.25) is 14.5 Å². The Bertz CT molecular complexity index is 836. The Hall–Kier alpha value is -2.77. The van der Waals surface area contributed by atoms with E-state index in [4.69, 9.17) is 0 Å². The van der Waals surface area contributed by atoms with Crippen LogP contribution < -0.4 is 10.6 Å². The van der Waals surface area contributed by atoms with Gasteiger partial charge in [0, 0.05) is 32.7 Å². The van der Waals surface area contributed by atoms with Gasteiger partial charge < -0.3 is 15.5 Å². The highest BCUT2D eigenvalue weighted by molar-refractivity contribution is 6.35. The number of benzene rings is 2. The second kappa shape index (κ2) is 10.3.